The highest BCUT2D eigenvalue weighted by Crippen LogP contribution is 2.31. The summed E-state index contributed by atoms with van der Waals surface area (Å²) < 4.78 is 31.0. The number of carbonyl (C=O) groups excluding carboxylic acids is 1. The molecule has 0 aliphatic rings. The third-order valence-electron chi connectivity index (χ3n) is 3.70. The average Bonchev–Trinajstić information content (AvgIpc) is 3.11. The first-order valence-corrected chi connectivity index (χ1v) is 10.4. The van der Waals surface area contributed by atoms with E-state index in [1.54, 1.807) is 41.7 Å². The molecule has 0 aliphatic heterocycles. The SMILES string of the molecule is Cc1nc(COc2cccc(/C=C/C(=O)Nc3ccccc3SC(F)F)c2)cs1. The summed E-state index contributed by atoms with van der Waals surface area (Å²) in [6, 6.07) is 13.8. The molecule has 150 valence electrons. The van der Waals surface area contributed by atoms with Crippen LogP contribution in [0.4, 0.5) is 14.5 Å². The fourth-order valence-electron chi connectivity index (χ4n) is 2.45. The van der Waals surface area contributed by atoms with Gasteiger partial charge in [0, 0.05) is 16.4 Å². The fraction of sp³-hybridized carbons (Fsp3) is 0.143. The highest BCUT2D eigenvalue weighted by atomic mass is 32.2. The van der Waals surface area contributed by atoms with E-state index in [-0.39, 0.29) is 0 Å². The first kappa shape index (κ1) is 21.0. The molecule has 8 heteroatoms. The van der Waals surface area contributed by atoms with E-state index in [0.717, 1.165) is 16.3 Å². The minimum Gasteiger partial charge on any atom is -0.487 e. The molecule has 2 aromatic carbocycles. The number of benzene rings is 2. The number of carbonyl (C=O) groups is 1. The minimum atomic E-state index is -2.56. The standard InChI is InChI=1S/C21H18F2N2O2S2/c1-14-24-16(13-28-14)12-27-17-6-4-5-15(11-17)9-10-20(26)25-18-7-2-3-8-19(18)29-21(22)23/h2-11,13,21H,12H2,1H3,(H,25,26)/b10-9+. The maximum absolute atomic E-state index is 12.6. The minimum absolute atomic E-state index is 0.317. The number of alkyl halides is 2. The Morgan fingerprint density at radius 2 is 2.10 bits per heavy atom. The topological polar surface area (TPSA) is 51.2 Å². The number of aryl methyl sites for hydroxylation is 1. The van der Waals surface area contributed by atoms with Gasteiger partial charge in [-0.2, -0.15) is 8.78 Å². The summed E-state index contributed by atoms with van der Waals surface area (Å²) >= 11 is 1.96. The first-order chi connectivity index (χ1) is 14.0. The Hall–Kier alpha value is -2.71. The number of para-hydroxylation sites is 1. The Bertz CT molecular complexity index is 1010. The normalized spacial score (nSPS) is 11.2. The highest BCUT2D eigenvalue weighted by molar-refractivity contribution is 7.99. The molecule has 3 aromatic rings. The molecule has 3 rings (SSSR count). The largest absolute Gasteiger partial charge is 0.487 e. The number of halogens is 2. The lowest BCUT2D eigenvalue weighted by Gasteiger charge is -2.08. The first-order valence-electron chi connectivity index (χ1n) is 8.66. The van der Waals surface area contributed by atoms with Gasteiger partial charge in [0.15, 0.2) is 0 Å². The third kappa shape index (κ3) is 6.69. The van der Waals surface area contributed by atoms with Crippen LogP contribution < -0.4 is 10.1 Å². The van der Waals surface area contributed by atoms with Crippen molar-refractivity contribution in [2.75, 3.05) is 5.32 Å². The number of hydrogen-bond acceptors (Lipinski definition) is 5. The van der Waals surface area contributed by atoms with E-state index in [1.165, 1.54) is 6.08 Å². The molecule has 4 nitrogen and oxygen atoms in total. The van der Waals surface area contributed by atoms with Crippen LogP contribution in [-0.2, 0) is 11.4 Å². The molecule has 0 aliphatic carbocycles. The number of ether oxygens (including phenoxy) is 1. The van der Waals surface area contributed by atoms with E-state index in [0.29, 0.717) is 34.7 Å². The van der Waals surface area contributed by atoms with Crippen molar-refractivity contribution < 1.29 is 18.3 Å². The lowest BCUT2D eigenvalue weighted by molar-refractivity contribution is -0.111. The summed E-state index contributed by atoms with van der Waals surface area (Å²) in [7, 11) is 0. The van der Waals surface area contributed by atoms with Gasteiger partial charge in [-0.1, -0.05) is 36.0 Å². The van der Waals surface area contributed by atoms with Crippen molar-refractivity contribution in [3.63, 3.8) is 0 Å². The van der Waals surface area contributed by atoms with Crippen LogP contribution in [0, 0.1) is 6.92 Å². The van der Waals surface area contributed by atoms with Crippen LogP contribution in [-0.4, -0.2) is 16.6 Å². The van der Waals surface area contributed by atoms with Crippen LogP contribution in [0.1, 0.15) is 16.3 Å². The van der Waals surface area contributed by atoms with E-state index in [9.17, 15) is 13.6 Å². The molecule has 29 heavy (non-hydrogen) atoms. The molecule has 0 radical (unpaired) electrons. The molecule has 1 heterocycles. The van der Waals surface area contributed by atoms with Crippen LogP contribution >= 0.6 is 23.1 Å². The van der Waals surface area contributed by atoms with Crippen molar-refractivity contribution >= 4 is 40.8 Å². The zero-order chi connectivity index (χ0) is 20.6. The van der Waals surface area contributed by atoms with E-state index in [1.807, 2.05) is 36.6 Å². The number of nitrogens with zero attached hydrogens (tertiary/aromatic N) is 1. The molecule has 0 atom stereocenters. The van der Waals surface area contributed by atoms with Crippen molar-refractivity contribution in [3.05, 3.63) is 76.3 Å². The van der Waals surface area contributed by atoms with Gasteiger partial charge in [-0.15, -0.1) is 11.3 Å². The Morgan fingerprint density at radius 3 is 2.86 bits per heavy atom. The molecular weight excluding hydrogens is 414 g/mol. The Balaban J connectivity index is 1.60. The van der Waals surface area contributed by atoms with Gasteiger partial charge in [-0.25, -0.2) is 4.98 Å². The van der Waals surface area contributed by atoms with Gasteiger partial charge < -0.3 is 10.1 Å². The lowest BCUT2D eigenvalue weighted by atomic mass is 10.2. The van der Waals surface area contributed by atoms with Gasteiger partial charge in [0.2, 0.25) is 5.91 Å². The summed E-state index contributed by atoms with van der Waals surface area (Å²) in [5.74, 6) is -2.30. The molecule has 0 bridgehead atoms. The van der Waals surface area contributed by atoms with E-state index in [2.05, 4.69) is 10.3 Å². The Morgan fingerprint density at radius 1 is 1.28 bits per heavy atom. The number of amides is 1. The monoisotopic (exact) mass is 432 g/mol. The maximum Gasteiger partial charge on any atom is 0.288 e. The van der Waals surface area contributed by atoms with Crippen LogP contribution in [0.2, 0.25) is 0 Å². The molecular formula is C21H18F2N2O2S2. The molecule has 0 unspecified atom stereocenters. The fourth-order valence-corrected chi connectivity index (χ4v) is 3.65. The van der Waals surface area contributed by atoms with Crippen molar-refractivity contribution in [2.24, 2.45) is 0 Å². The van der Waals surface area contributed by atoms with Crippen LogP contribution in [0.5, 0.6) is 5.75 Å². The molecule has 1 amide bonds. The van der Waals surface area contributed by atoms with Crippen LogP contribution in [0.3, 0.4) is 0 Å². The second kappa shape index (κ2) is 10.2. The Labute approximate surface area is 175 Å². The van der Waals surface area contributed by atoms with Crippen molar-refractivity contribution in [1.82, 2.24) is 4.98 Å². The Kier molecular flexibility index (Phi) is 7.37. The summed E-state index contributed by atoms with van der Waals surface area (Å²) in [6.45, 7) is 2.31. The predicted octanol–water partition coefficient (Wildman–Crippen LogP) is 6.00. The summed E-state index contributed by atoms with van der Waals surface area (Å²) in [4.78, 5) is 16.9. The zero-order valence-corrected chi connectivity index (χ0v) is 17.1. The lowest BCUT2D eigenvalue weighted by Crippen LogP contribution is -2.08. The van der Waals surface area contributed by atoms with Crippen molar-refractivity contribution in [1.29, 1.82) is 0 Å². The average molecular weight is 433 g/mol. The number of nitrogens with one attached hydrogen (secondary N) is 1. The van der Waals surface area contributed by atoms with Crippen molar-refractivity contribution in [2.45, 2.75) is 24.2 Å². The van der Waals surface area contributed by atoms with Crippen LogP contribution in [0.25, 0.3) is 6.08 Å². The molecule has 1 aromatic heterocycles. The summed E-state index contributed by atoms with van der Waals surface area (Å²) in [6.07, 6.45) is 2.99. The van der Waals surface area contributed by atoms with Gasteiger partial charge >= 0.3 is 0 Å². The molecule has 0 saturated carbocycles. The summed E-state index contributed by atoms with van der Waals surface area (Å²) in [5, 5.41) is 5.57. The van der Waals surface area contributed by atoms with E-state index < -0.39 is 11.7 Å². The van der Waals surface area contributed by atoms with Gasteiger partial charge in [-0.3, -0.25) is 4.79 Å². The maximum atomic E-state index is 12.6. The van der Waals surface area contributed by atoms with Crippen molar-refractivity contribution in [3.8, 4) is 5.75 Å². The van der Waals surface area contributed by atoms with E-state index >= 15 is 0 Å². The van der Waals surface area contributed by atoms with Gasteiger partial charge in [0.05, 0.1) is 16.4 Å². The van der Waals surface area contributed by atoms with Gasteiger partial charge in [0.1, 0.15) is 12.4 Å². The second-order valence-corrected chi connectivity index (χ2v) is 8.01. The molecule has 0 saturated heterocycles. The number of aromatic nitrogens is 1. The number of thiazole rings is 1. The number of thioether (sulfide) groups is 1. The smallest absolute Gasteiger partial charge is 0.288 e. The van der Waals surface area contributed by atoms with Crippen LogP contribution in [0.15, 0.2) is 64.9 Å². The molecule has 1 N–H and O–H groups in total. The zero-order valence-electron chi connectivity index (χ0n) is 15.5. The predicted molar refractivity (Wildman–Crippen MR) is 114 cm³/mol. The summed E-state index contributed by atoms with van der Waals surface area (Å²) in [5.41, 5.74) is 2.00. The van der Waals surface area contributed by atoms with Gasteiger partial charge in [-0.05, 0) is 42.8 Å². The molecule has 0 fully saturated rings. The second-order valence-electron chi connectivity index (χ2n) is 5.92. The number of anilines is 1. The highest BCUT2D eigenvalue weighted by Gasteiger charge is 2.10. The quantitative estimate of drug-likeness (QED) is 0.351. The number of rotatable bonds is 8. The van der Waals surface area contributed by atoms with Gasteiger partial charge in [0.25, 0.3) is 5.76 Å². The van der Waals surface area contributed by atoms with E-state index in [4.69, 9.17) is 4.74 Å². The number of hydrogen-bond donors (Lipinski definition) is 1. The molecule has 0 spiro atoms. The third-order valence-corrected chi connectivity index (χ3v) is 5.31.